The van der Waals surface area contributed by atoms with Gasteiger partial charge in [-0.1, -0.05) is 29.8 Å². The standard InChI is InChI=1S/C20H24N4O3S2/c1-15-4-6-16(7-5-15)14-19-22-20(28-23-19)24(2)13-12-21-29(25,26)18-10-8-17(27-3)9-11-18/h4-11,21H,12-14H2,1-3H3. The number of likely N-dealkylation sites (N-methyl/N-ethyl adjacent to an activating group) is 1. The first-order valence-electron chi connectivity index (χ1n) is 9.10. The molecule has 1 heterocycles. The van der Waals surface area contributed by atoms with Gasteiger partial charge in [0.25, 0.3) is 0 Å². The van der Waals surface area contributed by atoms with Crippen molar-refractivity contribution in [1.29, 1.82) is 0 Å². The predicted molar refractivity (Wildman–Crippen MR) is 115 cm³/mol. The van der Waals surface area contributed by atoms with Gasteiger partial charge in [-0.3, -0.25) is 0 Å². The van der Waals surface area contributed by atoms with E-state index >= 15 is 0 Å². The summed E-state index contributed by atoms with van der Waals surface area (Å²) in [5, 5.41) is 0.760. The molecule has 29 heavy (non-hydrogen) atoms. The van der Waals surface area contributed by atoms with Crippen molar-refractivity contribution in [3.8, 4) is 5.75 Å². The number of sulfonamides is 1. The Morgan fingerprint density at radius 3 is 2.45 bits per heavy atom. The Kier molecular flexibility index (Phi) is 6.83. The molecular weight excluding hydrogens is 408 g/mol. The molecule has 3 rings (SSSR count). The third-order valence-electron chi connectivity index (χ3n) is 4.38. The number of benzene rings is 2. The molecule has 154 valence electrons. The third-order valence-corrected chi connectivity index (χ3v) is 6.72. The van der Waals surface area contributed by atoms with E-state index < -0.39 is 10.0 Å². The van der Waals surface area contributed by atoms with Crippen LogP contribution in [0, 0.1) is 6.92 Å². The van der Waals surface area contributed by atoms with Gasteiger partial charge >= 0.3 is 0 Å². The van der Waals surface area contributed by atoms with E-state index in [9.17, 15) is 8.42 Å². The molecule has 0 amide bonds. The maximum atomic E-state index is 12.4. The minimum absolute atomic E-state index is 0.206. The van der Waals surface area contributed by atoms with E-state index in [4.69, 9.17) is 4.74 Å². The number of hydrogen-bond acceptors (Lipinski definition) is 7. The first-order chi connectivity index (χ1) is 13.9. The summed E-state index contributed by atoms with van der Waals surface area (Å²) >= 11 is 1.31. The summed E-state index contributed by atoms with van der Waals surface area (Å²) in [6.07, 6.45) is 0.675. The number of aryl methyl sites for hydroxylation is 1. The van der Waals surface area contributed by atoms with Crippen molar-refractivity contribution in [2.45, 2.75) is 18.2 Å². The van der Waals surface area contributed by atoms with Crippen LogP contribution in [0.2, 0.25) is 0 Å². The maximum absolute atomic E-state index is 12.4. The molecule has 2 aromatic carbocycles. The van der Waals surface area contributed by atoms with E-state index in [-0.39, 0.29) is 11.4 Å². The number of nitrogens with zero attached hydrogens (tertiary/aromatic N) is 3. The minimum atomic E-state index is -3.57. The molecule has 7 nitrogen and oxygen atoms in total. The fourth-order valence-corrected chi connectivity index (χ4v) is 4.33. The van der Waals surface area contributed by atoms with Crippen LogP contribution < -0.4 is 14.4 Å². The van der Waals surface area contributed by atoms with Gasteiger partial charge in [-0.25, -0.2) is 18.1 Å². The molecule has 0 aliphatic heterocycles. The number of ether oxygens (including phenoxy) is 1. The van der Waals surface area contributed by atoms with Crippen LogP contribution in [0.5, 0.6) is 5.75 Å². The lowest BCUT2D eigenvalue weighted by Gasteiger charge is -2.15. The van der Waals surface area contributed by atoms with Crippen LogP contribution in [-0.4, -0.2) is 45.0 Å². The van der Waals surface area contributed by atoms with E-state index in [1.807, 2.05) is 11.9 Å². The summed E-state index contributed by atoms with van der Waals surface area (Å²) in [5.74, 6) is 1.38. The smallest absolute Gasteiger partial charge is 0.240 e. The van der Waals surface area contributed by atoms with Crippen molar-refractivity contribution in [3.05, 3.63) is 65.5 Å². The van der Waals surface area contributed by atoms with Gasteiger partial charge in [0.05, 0.1) is 12.0 Å². The summed E-state index contributed by atoms with van der Waals surface area (Å²) in [4.78, 5) is 6.66. The number of aromatic nitrogens is 2. The van der Waals surface area contributed by atoms with Gasteiger partial charge in [0.2, 0.25) is 15.2 Å². The predicted octanol–water partition coefficient (Wildman–Crippen LogP) is 2.86. The number of hydrogen-bond donors (Lipinski definition) is 1. The van der Waals surface area contributed by atoms with Gasteiger partial charge in [0, 0.05) is 38.1 Å². The number of rotatable bonds is 9. The SMILES string of the molecule is COc1ccc(S(=O)(=O)NCCN(C)c2nc(Cc3ccc(C)cc3)ns2)cc1. The van der Waals surface area contributed by atoms with Crippen LogP contribution >= 0.6 is 11.5 Å². The third kappa shape index (κ3) is 5.75. The van der Waals surface area contributed by atoms with E-state index in [0.29, 0.717) is 18.7 Å². The molecular formula is C20H24N4O3S2. The van der Waals surface area contributed by atoms with E-state index in [2.05, 4.69) is 45.3 Å². The highest BCUT2D eigenvalue weighted by molar-refractivity contribution is 7.89. The Balaban J connectivity index is 1.53. The molecule has 3 aromatic rings. The number of nitrogens with one attached hydrogen (secondary N) is 1. The molecule has 1 N–H and O–H groups in total. The van der Waals surface area contributed by atoms with Crippen molar-refractivity contribution < 1.29 is 13.2 Å². The second-order valence-electron chi connectivity index (χ2n) is 6.65. The topological polar surface area (TPSA) is 84.4 Å². The lowest BCUT2D eigenvalue weighted by Crippen LogP contribution is -2.33. The Morgan fingerprint density at radius 1 is 1.10 bits per heavy atom. The summed E-state index contributed by atoms with van der Waals surface area (Å²) < 4.78 is 36.9. The molecule has 0 saturated heterocycles. The molecule has 0 fully saturated rings. The monoisotopic (exact) mass is 432 g/mol. The average molecular weight is 433 g/mol. The van der Waals surface area contributed by atoms with Crippen LogP contribution in [0.4, 0.5) is 5.13 Å². The van der Waals surface area contributed by atoms with E-state index in [0.717, 1.165) is 16.5 Å². The van der Waals surface area contributed by atoms with E-state index in [1.54, 1.807) is 12.1 Å². The summed E-state index contributed by atoms with van der Waals surface area (Å²) in [5.41, 5.74) is 2.38. The molecule has 0 radical (unpaired) electrons. The highest BCUT2D eigenvalue weighted by Crippen LogP contribution is 2.18. The highest BCUT2D eigenvalue weighted by Gasteiger charge is 2.15. The van der Waals surface area contributed by atoms with Crippen LogP contribution in [0.15, 0.2) is 53.4 Å². The Bertz CT molecular complexity index is 1030. The second-order valence-corrected chi connectivity index (χ2v) is 9.15. The molecule has 9 heteroatoms. The van der Waals surface area contributed by atoms with Crippen molar-refractivity contribution in [1.82, 2.24) is 14.1 Å². The highest BCUT2D eigenvalue weighted by atomic mass is 32.2. The fourth-order valence-electron chi connectivity index (χ4n) is 2.64. The summed E-state index contributed by atoms with van der Waals surface area (Å²) in [6.45, 7) is 2.80. The van der Waals surface area contributed by atoms with Crippen LogP contribution in [0.25, 0.3) is 0 Å². The number of anilines is 1. The summed E-state index contributed by atoms with van der Waals surface area (Å²) in [6, 6.07) is 14.6. The van der Waals surface area contributed by atoms with Crippen molar-refractivity contribution in [2.24, 2.45) is 0 Å². The zero-order chi connectivity index (χ0) is 20.9. The first kappa shape index (κ1) is 21.2. The molecule has 0 unspecified atom stereocenters. The van der Waals surface area contributed by atoms with Crippen molar-refractivity contribution >= 4 is 26.7 Å². The molecule has 0 aliphatic carbocycles. The van der Waals surface area contributed by atoms with Gasteiger partial charge in [0.1, 0.15) is 11.6 Å². The molecule has 0 saturated carbocycles. The van der Waals surface area contributed by atoms with Gasteiger partial charge in [-0.05, 0) is 36.8 Å². The Labute approximate surface area is 175 Å². The van der Waals surface area contributed by atoms with Crippen LogP contribution in [0.1, 0.15) is 17.0 Å². The molecule has 0 atom stereocenters. The van der Waals surface area contributed by atoms with Crippen LogP contribution in [0.3, 0.4) is 0 Å². The van der Waals surface area contributed by atoms with Crippen molar-refractivity contribution in [3.63, 3.8) is 0 Å². The molecule has 1 aromatic heterocycles. The first-order valence-corrected chi connectivity index (χ1v) is 11.4. The normalized spacial score (nSPS) is 11.4. The molecule has 0 aliphatic rings. The van der Waals surface area contributed by atoms with Crippen molar-refractivity contribution in [2.75, 3.05) is 32.1 Å². The van der Waals surface area contributed by atoms with Gasteiger partial charge in [-0.2, -0.15) is 4.37 Å². The molecule has 0 bridgehead atoms. The largest absolute Gasteiger partial charge is 0.497 e. The fraction of sp³-hybridized carbons (Fsp3) is 0.300. The Morgan fingerprint density at radius 2 is 1.79 bits per heavy atom. The van der Waals surface area contributed by atoms with Gasteiger partial charge in [0.15, 0.2) is 0 Å². The quantitative estimate of drug-likeness (QED) is 0.560. The average Bonchev–Trinajstić information content (AvgIpc) is 3.18. The van der Waals surface area contributed by atoms with E-state index in [1.165, 1.54) is 36.3 Å². The van der Waals surface area contributed by atoms with Gasteiger partial charge in [-0.15, -0.1) is 0 Å². The van der Waals surface area contributed by atoms with Gasteiger partial charge < -0.3 is 9.64 Å². The Hall–Kier alpha value is -2.49. The zero-order valence-electron chi connectivity index (χ0n) is 16.6. The lowest BCUT2D eigenvalue weighted by atomic mass is 10.1. The maximum Gasteiger partial charge on any atom is 0.240 e. The number of methoxy groups -OCH3 is 1. The minimum Gasteiger partial charge on any atom is -0.497 e. The lowest BCUT2D eigenvalue weighted by molar-refractivity contribution is 0.414. The molecule has 0 spiro atoms. The zero-order valence-corrected chi connectivity index (χ0v) is 18.3. The summed E-state index contributed by atoms with van der Waals surface area (Å²) in [7, 11) is -0.155. The second kappa shape index (κ2) is 9.34. The van der Waals surface area contributed by atoms with Crippen LogP contribution in [-0.2, 0) is 16.4 Å².